The minimum Gasteiger partial charge on any atom is -0.375 e. The van der Waals surface area contributed by atoms with Gasteiger partial charge in [-0.25, -0.2) is 0 Å². The maximum atomic E-state index is 12.0. The molecule has 0 aromatic carbocycles. The van der Waals surface area contributed by atoms with Gasteiger partial charge in [-0.15, -0.1) is 0 Å². The van der Waals surface area contributed by atoms with Crippen molar-refractivity contribution in [3.8, 4) is 0 Å². The predicted molar refractivity (Wildman–Crippen MR) is 79.9 cm³/mol. The molecule has 6 nitrogen and oxygen atoms in total. The quantitative estimate of drug-likeness (QED) is 0.810. The van der Waals surface area contributed by atoms with Gasteiger partial charge in [-0.1, -0.05) is 0 Å². The molecule has 1 atom stereocenters. The van der Waals surface area contributed by atoms with Gasteiger partial charge in [0.2, 0.25) is 11.8 Å². The Hall–Kier alpha value is -1.14. The van der Waals surface area contributed by atoms with Crippen LogP contribution in [0.5, 0.6) is 0 Å². The maximum Gasteiger partial charge on any atom is 0.241 e. The van der Waals surface area contributed by atoms with E-state index in [1.54, 1.807) is 0 Å². The molecule has 0 saturated carbocycles. The van der Waals surface area contributed by atoms with Crippen molar-refractivity contribution in [3.05, 3.63) is 0 Å². The van der Waals surface area contributed by atoms with Crippen molar-refractivity contribution in [2.45, 2.75) is 44.2 Å². The number of amides is 2. The fourth-order valence-corrected chi connectivity index (χ4v) is 3.27. The normalized spacial score (nSPS) is 25.1. The Morgan fingerprint density at radius 3 is 2.57 bits per heavy atom. The Morgan fingerprint density at radius 1 is 1.33 bits per heavy atom. The van der Waals surface area contributed by atoms with Crippen LogP contribution in [0.1, 0.15) is 32.6 Å². The molecule has 2 saturated heterocycles. The molecule has 2 aliphatic rings. The Bertz CT molecular complexity index is 390. The van der Waals surface area contributed by atoms with Crippen LogP contribution in [0.3, 0.4) is 0 Å². The Morgan fingerprint density at radius 2 is 2.00 bits per heavy atom. The van der Waals surface area contributed by atoms with Crippen LogP contribution in [-0.2, 0) is 14.3 Å². The summed E-state index contributed by atoms with van der Waals surface area (Å²) in [5.74, 6) is -0.165. The van der Waals surface area contributed by atoms with Crippen LogP contribution >= 0.6 is 0 Å². The highest BCUT2D eigenvalue weighted by atomic mass is 16.5. The highest BCUT2D eigenvalue weighted by molar-refractivity contribution is 5.83. The summed E-state index contributed by atoms with van der Waals surface area (Å²) >= 11 is 0. The zero-order valence-corrected chi connectivity index (χ0v) is 13.4. The summed E-state index contributed by atoms with van der Waals surface area (Å²) in [6, 6.07) is 0.570. The predicted octanol–water partition coefficient (Wildman–Crippen LogP) is 0.224. The molecular formula is C15H27N3O3. The van der Waals surface area contributed by atoms with Crippen molar-refractivity contribution in [2.75, 3.05) is 40.3 Å². The van der Waals surface area contributed by atoms with Gasteiger partial charge in [0.1, 0.15) is 0 Å². The van der Waals surface area contributed by atoms with Crippen LogP contribution in [0.2, 0.25) is 0 Å². The molecule has 1 N–H and O–H groups in total. The first-order valence-corrected chi connectivity index (χ1v) is 7.74. The van der Waals surface area contributed by atoms with Gasteiger partial charge in [-0.2, -0.15) is 0 Å². The molecule has 0 bridgehead atoms. The third-order valence-corrected chi connectivity index (χ3v) is 4.71. The number of piperidine rings is 1. The number of hydrogen-bond donors (Lipinski definition) is 1. The minimum atomic E-state index is -0.165. The number of likely N-dealkylation sites (tertiary alicyclic amines) is 1. The molecule has 21 heavy (non-hydrogen) atoms. The van der Waals surface area contributed by atoms with E-state index in [1.165, 1.54) is 6.92 Å². The Labute approximate surface area is 126 Å². The second-order valence-electron chi connectivity index (χ2n) is 6.43. The number of nitrogens with one attached hydrogen (secondary N) is 1. The number of carbonyl (C=O) groups is 2. The van der Waals surface area contributed by atoms with Gasteiger partial charge in [-0.05, 0) is 39.8 Å². The molecule has 0 unspecified atom stereocenters. The number of carbonyl (C=O) groups excluding carboxylic acids is 2. The number of ether oxygens (including phenoxy) is 1. The summed E-state index contributed by atoms with van der Waals surface area (Å²) in [5.41, 5.74) is -0.0576. The zero-order valence-electron chi connectivity index (χ0n) is 13.4. The fourth-order valence-electron chi connectivity index (χ4n) is 3.27. The van der Waals surface area contributed by atoms with E-state index < -0.39 is 0 Å². The molecule has 0 aliphatic carbocycles. The highest BCUT2D eigenvalue weighted by Crippen LogP contribution is 2.36. The lowest BCUT2D eigenvalue weighted by molar-refractivity contribution is -0.147. The summed E-state index contributed by atoms with van der Waals surface area (Å²) in [7, 11) is 4.24. The van der Waals surface area contributed by atoms with Crippen molar-refractivity contribution in [1.29, 1.82) is 0 Å². The molecule has 0 aromatic rings. The van der Waals surface area contributed by atoms with Gasteiger partial charge in [0, 0.05) is 32.7 Å². The second kappa shape index (κ2) is 6.75. The minimum absolute atomic E-state index is 0.0000176. The molecule has 2 amide bonds. The monoisotopic (exact) mass is 297 g/mol. The Balaban J connectivity index is 1.84. The van der Waals surface area contributed by atoms with Crippen LogP contribution in [-0.4, -0.2) is 73.6 Å². The second-order valence-corrected chi connectivity index (χ2v) is 6.43. The molecule has 2 fully saturated rings. The van der Waals surface area contributed by atoms with E-state index in [0.717, 1.165) is 45.4 Å². The van der Waals surface area contributed by atoms with Gasteiger partial charge in [0.05, 0.1) is 12.1 Å². The summed E-state index contributed by atoms with van der Waals surface area (Å²) in [5, 5.41) is 2.57. The van der Waals surface area contributed by atoms with Crippen LogP contribution in [0, 0.1) is 0 Å². The summed E-state index contributed by atoms with van der Waals surface area (Å²) in [4.78, 5) is 27.0. The van der Waals surface area contributed by atoms with Crippen molar-refractivity contribution in [2.24, 2.45) is 0 Å². The van der Waals surface area contributed by atoms with Crippen molar-refractivity contribution >= 4 is 11.8 Å². The van der Waals surface area contributed by atoms with Crippen LogP contribution in [0.15, 0.2) is 0 Å². The van der Waals surface area contributed by atoms with Gasteiger partial charge >= 0.3 is 0 Å². The average molecular weight is 297 g/mol. The topological polar surface area (TPSA) is 61.9 Å². The van der Waals surface area contributed by atoms with Crippen molar-refractivity contribution in [1.82, 2.24) is 15.1 Å². The average Bonchev–Trinajstić information content (AvgIpc) is 2.45. The van der Waals surface area contributed by atoms with E-state index in [2.05, 4.69) is 24.3 Å². The molecule has 1 spiro atoms. The van der Waals surface area contributed by atoms with Gasteiger partial charge in [0.25, 0.3) is 0 Å². The van der Waals surface area contributed by atoms with E-state index in [-0.39, 0.29) is 24.0 Å². The largest absolute Gasteiger partial charge is 0.375 e. The maximum absolute atomic E-state index is 12.0. The summed E-state index contributed by atoms with van der Waals surface area (Å²) in [6.45, 7) is 3.78. The van der Waals surface area contributed by atoms with E-state index in [9.17, 15) is 9.59 Å². The van der Waals surface area contributed by atoms with Crippen LogP contribution in [0.25, 0.3) is 0 Å². The Kier molecular flexibility index (Phi) is 5.22. The number of rotatable bonds is 3. The molecular weight excluding hydrogens is 270 g/mol. The molecule has 2 aliphatic heterocycles. The summed E-state index contributed by atoms with van der Waals surface area (Å²) < 4.78 is 6.08. The SMILES string of the molecule is CC(=O)NCC(=O)N1CCC2(CC1)C[C@H](N(C)C)CCO2. The van der Waals surface area contributed by atoms with Gasteiger partial charge < -0.3 is 19.9 Å². The lowest BCUT2D eigenvalue weighted by Gasteiger charge is -2.47. The fraction of sp³-hybridized carbons (Fsp3) is 0.867. The van der Waals surface area contributed by atoms with Crippen molar-refractivity contribution < 1.29 is 14.3 Å². The lowest BCUT2D eigenvalue weighted by atomic mass is 9.82. The molecule has 120 valence electrons. The van der Waals surface area contributed by atoms with E-state index in [0.29, 0.717) is 6.04 Å². The number of nitrogens with zero attached hydrogens (tertiary/aromatic N) is 2. The third kappa shape index (κ3) is 4.17. The molecule has 0 radical (unpaired) electrons. The molecule has 6 heteroatoms. The first kappa shape index (κ1) is 16.2. The first-order valence-electron chi connectivity index (χ1n) is 7.74. The smallest absolute Gasteiger partial charge is 0.241 e. The lowest BCUT2D eigenvalue weighted by Crippen LogP contribution is -2.54. The van der Waals surface area contributed by atoms with E-state index >= 15 is 0 Å². The molecule has 2 heterocycles. The van der Waals surface area contributed by atoms with Crippen molar-refractivity contribution in [3.63, 3.8) is 0 Å². The number of hydrogen-bond acceptors (Lipinski definition) is 4. The van der Waals surface area contributed by atoms with E-state index in [1.807, 2.05) is 4.90 Å². The molecule has 0 aromatic heterocycles. The first-order chi connectivity index (χ1) is 9.92. The summed E-state index contributed by atoms with van der Waals surface area (Å²) in [6.07, 6.45) is 3.92. The van der Waals surface area contributed by atoms with Crippen LogP contribution < -0.4 is 5.32 Å². The van der Waals surface area contributed by atoms with Gasteiger partial charge in [0.15, 0.2) is 0 Å². The zero-order chi connectivity index (χ0) is 15.5. The van der Waals surface area contributed by atoms with Gasteiger partial charge in [-0.3, -0.25) is 9.59 Å². The van der Waals surface area contributed by atoms with E-state index in [4.69, 9.17) is 4.74 Å². The molecule has 2 rings (SSSR count). The standard InChI is InChI=1S/C15H27N3O3/c1-12(19)16-11-14(20)18-7-5-15(6-8-18)10-13(17(2)3)4-9-21-15/h13H,4-11H2,1-3H3,(H,16,19)/t13-/m1/s1. The van der Waals surface area contributed by atoms with Crippen LogP contribution in [0.4, 0.5) is 0 Å². The highest BCUT2D eigenvalue weighted by Gasteiger charge is 2.41. The third-order valence-electron chi connectivity index (χ3n) is 4.71.